The number of anilines is 1. The Morgan fingerprint density at radius 2 is 1.84 bits per heavy atom. The van der Waals surface area contributed by atoms with Crippen LogP contribution in [-0.4, -0.2) is 11.4 Å². The number of carbonyl (C=O) groups is 1. The maximum absolute atomic E-state index is 12.2. The number of hydrogen-bond donors (Lipinski definition) is 2. The van der Waals surface area contributed by atoms with Crippen LogP contribution in [0.1, 0.15) is 45.1 Å². The Morgan fingerprint density at radius 3 is 2.42 bits per heavy atom. The van der Waals surface area contributed by atoms with Gasteiger partial charge in [-0.3, -0.25) is 4.79 Å². The monoisotopic (exact) mass is 260 g/mol. The summed E-state index contributed by atoms with van der Waals surface area (Å²) < 4.78 is 0. The molecule has 1 amide bonds. The predicted octanol–water partition coefficient (Wildman–Crippen LogP) is 3.23. The zero-order valence-electron chi connectivity index (χ0n) is 12.1. The lowest BCUT2D eigenvalue weighted by Gasteiger charge is -2.49. The lowest BCUT2D eigenvalue weighted by molar-refractivity contribution is -0.127. The second-order valence-corrected chi connectivity index (χ2v) is 6.30. The molecule has 0 aromatic heterocycles. The highest BCUT2D eigenvalue weighted by molar-refractivity contribution is 5.89. The number of primary amides is 1. The molecule has 104 valence electrons. The molecule has 3 heteroatoms. The third-order valence-electron chi connectivity index (χ3n) is 4.67. The molecule has 19 heavy (non-hydrogen) atoms. The summed E-state index contributed by atoms with van der Waals surface area (Å²) in [7, 11) is 0. The van der Waals surface area contributed by atoms with Crippen molar-refractivity contribution in [2.24, 2.45) is 11.1 Å². The Hall–Kier alpha value is -1.51. The summed E-state index contributed by atoms with van der Waals surface area (Å²) in [6.07, 6.45) is 4.04. The van der Waals surface area contributed by atoms with Gasteiger partial charge in [-0.05, 0) is 36.8 Å². The molecule has 0 heterocycles. The molecule has 0 radical (unpaired) electrons. The highest BCUT2D eigenvalue weighted by Crippen LogP contribution is 2.45. The van der Waals surface area contributed by atoms with Gasteiger partial charge in [0, 0.05) is 5.69 Å². The molecule has 0 saturated heterocycles. The van der Waals surface area contributed by atoms with Gasteiger partial charge in [-0.2, -0.15) is 0 Å². The van der Waals surface area contributed by atoms with Crippen LogP contribution in [0.2, 0.25) is 0 Å². The lowest BCUT2D eigenvalue weighted by atomic mass is 9.62. The Kier molecular flexibility index (Phi) is 3.57. The highest BCUT2D eigenvalue weighted by Gasteiger charge is 2.51. The molecule has 1 atom stereocenters. The Labute approximate surface area is 115 Å². The van der Waals surface area contributed by atoms with Gasteiger partial charge in [0.25, 0.3) is 0 Å². The normalized spacial score (nSPS) is 25.8. The number of benzene rings is 1. The third-order valence-corrected chi connectivity index (χ3v) is 4.67. The van der Waals surface area contributed by atoms with Crippen molar-refractivity contribution < 1.29 is 4.79 Å². The number of nitrogens with two attached hydrogens (primary N) is 1. The van der Waals surface area contributed by atoms with Crippen molar-refractivity contribution in [1.82, 2.24) is 0 Å². The van der Waals surface area contributed by atoms with Gasteiger partial charge in [0.1, 0.15) is 5.54 Å². The molecule has 3 nitrogen and oxygen atoms in total. The molecule has 1 aliphatic carbocycles. The average Bonchev–Trinajstić information content (AvgIpc) is 2.34. The van der Waals surface area contributed by atoms with Crippen molar-refractivity contribution in [2.45, 2.75) is 52.0 Å². The van der Waals surface area contributed by atoms with E-state index < -0.39 is 5.54 Å². The summed E-state index contributed by atoms with van der Waals surface area (Å²) in [5, 5.41) is 3.48. The first-order chi connectivity index (χ1) is 8.89. The number of rotatable bonds is 3. The van der Waals surface area contributed by atoms with E-state index >= 15 is 0 Å². The number of para-hydroxylation sites is 1. The van der Waals surface area contributed by atoms with E-state index in [-0.39, 0.29) is 11.3 Å². The largest absolute Gasteiger partial charge is 0.371 e. The van der Waals surface area contributed by atoms with Gasteiger partial charge in [0.15, 0.2) is 0 Å². The number of nitrogens with one attached hydrogen (secondary N) is 1. The summed E-state index contributed by atoms with van der Waals surface area (Å²) in [4.78, 5) is 12.2. The van der Waals surface area contributed by atoms with E-state index in [4.69, 9.17) is 5.73 Å². The lowest BCUT2D eigenvalue weighted by Crippen LogP contribution is -2.61. The minimum Gasteiger partial charge on any atom is -0.371 e. The fraction of sp³-hybridized carbons (Fsp3) is 0.562. The van der Waals surface area contributed by atoms with E-state index in [1.165, 1.54) is 0 Å². The molecule has 2 rings (SSSR count). The van der Waals surface area contributed by atoms with E-state index in [0.717, 1.165) is 36.9 Å². The molecule has 1 aliphatic rings. The van der Waals surface area contributed by atoms with E-state index in [1.54, 1.807) is 0 Å². The zero-order chi connectivity index (χ0) is 14.1. The van der Waals surface area contributed by atoms with E-state index in [9.17, 15) is 4.79 Å². The number of carbonyl (C=O) groups excluding carboxylic acids is 1. The van der Waals surface area contributed by atoms with Gasteiger partial charge < -0.3 is 11.1 Å². The summed E-state index contributed by atoms with van der Waals surface area (Å²) in [5.74, 6) is -0.236. The van der Waals surface area contributed by atoms with Gasteiger partial charge in [-0.25, -0.2) is 0 Å². The molecule has 1 unspecified atom stereocenters. The fourth-order valence-electron chi connectivity index (χ4n) is 3.20. The van der Waals surface area contributed by atoms with E-state index in [1.807, 2.05) is 31.2 Å². The van der Waals surface area contributed by atoms with Crippen LogP contribution in [-0.2, 0) is 4.79 Å². The Bertz CT molecular complexity index is 481. The standard InChI is InChI=1S/C16H24N2O/c1-12-8-4-5-9-13(12)18-16(14(17)19)11-7-6-10-15(16,2)3/h4-5,8-9,18H,6-7,10-11H2,1-3H3,(H2,17,19). The van der Waals surface area contributed by atoms with Gasteiger partial charge >= 0.3 is 0 Å². The molecule has 1 aromatic rings. The number of amides is 1. The fourth-order valence-corrected chi connectivity index (χ4v) is 3.20. The van der Waals surface area contributed by atoms with Crippen molar-refractivity contribution in [3.05, 3.63) is 29.8 Å². The molecule has 1 fully saturated rings. The first-order valence-corrected chi connectivity index (χ1v) is 7.03. The second-order valence-electron chi connectivity index (χ2n) is 6.30. The van der Waals surface area contributed by atoms with Gasteiger partial charge in [0.2, 0.25) is 5.91 Å². The van der Waals surface area contributed by atoms with Crippen LogP contribution >= 0.6 is 0 Å². The zero-order valence-corrected chi connectivity index (χ0v) is 12.1. The Balaban J connectivity index is 2.41. The van der Waals surface area contributed by atoms with Crippen LogP contribution < -0.4 is 11.1 Å². The first-order valence-electron chi connectivity index (χ1n) is 7.03. The molecular weight excluding hydrogens is 236 g/mol. The smallest absolute Gasteiger partial charge is 0.243 e. The highest BCUT2D eigenvalue weighted by atomic mass is 16.1. The number of aryl methyl sites for hydroxylation is 1. The minimum atomic E-state index is -0.642. The summed E-state index contributed by atoms with van der Waals surface area (Å²) in [6.45, 7) is 6.33. The predicted molar refractivity (Wildman–Crippen MR) is 79.0 cm³/mol. The molecule has 0 aliphatic heterocycles. The van der Waals surface area contributed by atoms with Crippen LogP contribution in [0.25, 0.3) is 0 Å². The van der Waals surface area contributed by atoms with Crippen LogP contribution in [0.4, 0.5) is 5.69 Å². The molecule has 1 aromatic carbocycles. The molecular formula is C16H24N2O. The topological polar surface area (TPSA) is 55.1 Å². The second kappa shape index (κ2) is 4.87. The third kappa shape index (κ3) is 2.34. The quantitative estimate of drug-likeness (QED) is 0.876. The summed E-state index contributed by atoms with van der Waals surface area (Å²) in [6, 6.07) is 8.06. The van der Waals surface area contributed by atoms with Crippen LogP contribution in [0.3, 0.4) is 0 Å². The minimum absolute atomic E-state index is 0.126. The van der Waals surface area contributed by atoms with Crippen LogP contribution in [0.5, 0.6) is 0 Å². The van der Waals surface area contributed by atoms with Crippen molar-refractivity contribution in [3.8, 4) is 0 Å². The van der Waals surface area contributed by atoms with Crippen LogP contribution in [0.15, 0.2) is 24.3 Å². The van der Waals surface area contributed by atoms with Gasteiger partial charge in [-0.15, -0.1) is 0 Å². The molecule has 0 spiro atoms. The van der Waals surface area contributed by atoms with Crippen molar-refractivity contribution in [1.29, 1.82) is 0 Å². The molecule has 3 N–H and O–H groups in total. The van der Waals surface area contributed by atoms with Gasteiger partial charge in [-0.1, -0.05) is 44.9 Å². The maximum Gasteiger partial charge on any atom is 0.243 e. The van der Waals surface area contributed by atoms with Crippen LogP contribution in [0, 0.1) is 12.3 Å². The first kappa shape index (κ1) is 13.9. The van der Waals surface area contributed by atoms with E-state index in [2.05, 4.69) is 19.2 Å². The SMILES string of the molecule is Cc1ccccc1NC1(C(N)=O)CCCCC1(C)C. The Morgan fingerprint density at radius 1 is 1.21 bits per heavy atom. The average molecular weight is 260 g/mol. The maximum atomic E-state index is 12.2. The molecule has 1 saturated carbocycles. The van der Waals surface area contributed by atoms with E-state index in [0.29, 0.717) is 0 Å². The number of hydrogen-bond acceptors (Lipinski definition) is 2. The summed E-state index contributed by atoms with van der Waals surface area (Å²) in [5.41, 5.74) is 7.16. The molecule has 0 bridgehead atoms. The van der Waals surface area contributed by atoms with Crippen molar-refractivity contribution in [2.75, 3.05) is 5.32 Å². The van der Waals surface area contributed by atoms with Crippen molar-refractivity contribution in [3.63, 3.8) is 0 Å². The van der Waals surface area contributed by atoms with Crippen molar-refractivity contribution >= 4 is 11.6 Å². The van der Waals surface area contributed by atoms with Gasteiger partial charge in [0.05, 0.1) is 0 Å². The summed E-state index contributed by atoms with van der Waals surface area (Å²) >= 11 is 0.